The van der Waals surface area contributed by atoms with Crippen LogP contribution >= 0.6 is 0 Å². The molecule has 62 heavy (non-hydrogen) atoms. The maximum Gasteiger partial charge on any atom is 0.307 e. The van der Waals surface area contributed by atoms with Gasteiger partial charge in [0.2, 0.25) is 27.4 Å². The van der Waals surface area contributed by atoms with Crippen molar-refractivity contribution in [2.75, 3.05) is 6.54 Å². The number of allylic oxidation sites excluding steroid dienone is 2. The van der Waals surface area contributed by atoms with Gasteiger partial charge in [-0.05, 0) is 115 Å². The summed E-state index contributed by atoms with van der Waals surface area (Å²) in [4.78, 5) is 68.1. The van der Waals surface area contributed by atoms with Crippen LogP contribution in [0.2, 0.25) is 0 Å². The van der Waals surface area contributed by atoms with Crippen LogP contribution in [0.25, 0.3) is 33.5 Å². The number of benzene rings is 2. The summed E-state index contributed by atoms with van der Waals surface area (Å²) < 4.78 is 52.8. The molecule has 3 fully saturated rings. The van der Waals surface area contributed by atoms with Gasteiger partial charge in [0.1, 0.15) is 28.6 Å². The van der Waals surface area contributed by atoms with Crippen molar-refractivity contribution in [3.05, 3.63) is 60.7 Å². The second kappa shape index (κ2) is 17.1. The molecule has 2 aromatic carbocycles. The van der Waals surface area contributed by atoms with Crippen molar-refractivity contribution in [2.45, 2.75) is 134 Å². The Morgan fingerprint density at radius 3 is 2.48 bits per heavy atom. The lowest BCUT2D eigenvalue weighted by atomic mass is 9.90. The van der Waals surface area contributed by atoms with Crippen molar-refractivity contribution in [1.82, 2.24) is 19.6 Å². The van der Waals surface area contributed by atoms with Crippen molar-refractivity contribution < 1.29 is 46.2 Å². The average molecular weight is 869 g/mol. The largest absolute Gasteiger partial charge is 0.491 e. The smallest absolute Gasteiger partial charge is 0.307 e. The fourth-order valence-corrected chi connectivity index (χ4v) is 10.2. The Hall–Kier alpha value is -5.31. The highest BCUT2D eigenvalue weighted by atomic mass is 32.2. The van der Waals surface area contributed by atoms with Crippen LogP contribution in [0.3, 0.4) is 0 Å². The minimum atomic E-state index is -3.88. The average Bonchev–Trinajstić information content (AvgIpc) is 4.11. The van der Waals surface area contributed by atoms with E-state index in [2.05, 4.69) is 4.72 Å². The van der Waals surface area contributed by atoms with Gasteiger partial charge in [0.25, 0.3) is 5.88 Å². The molecule has 2 amide bonds. The Kier molecular flexibility index (Phi) is 12.0. The molecule has 1 N–H and O–H groups in total. The molecule has 4 heterocycles. The summed E-state index contributed by atoms with van der Waals surface area (Å²) in [6.45, 7) is 9.21. The first-order chi connectivity index (χ1) is 29.5. The van der Waals surface area contributed by atoms with Crippen LogP contribution in [-0.2, 0) is 33.9 Å². The minimum absolute atomic E-state index is 0.00793. The summed E-state index contributed by atoms with van der Waals surface area (Å²) in [5, 5.41) is 0.139. The van der Waals surface area contributed by atoms with E-state index in [1.807, 2.05) is 74.5 Å². The van der Waals surface area contributed by atoms with Crippen LogP contribution < -0.4 is 14.2 Å². The van der Waals surface area contributed by atoms with Gasteiger partial charge >= 0.3 is 5.97 Å². The lowest BCUT2D eigenvalue weighted by molar-refractivity contribution is -0.159. The summed E-state index contributed by atoms with van der Waals surface area (Å²) in [7, 11) is -3.88. The molecule has 0 radical (unpaired) electrons. The molecule has 2 saturated carbocycles. The molecule has 8 rings (SSSR count). The van der Waals surface area contributed by atoms with E-state index < -0.39 is 56.2 Å². The first-order valence-electron chi connectivity index (χ1n) is 21.9. The van der Waals surface area contributed by atoms with Gasteiger partial charge in [-0.15, -0.1) is 0 Å². The normalized spacial score (nSPS) is 25.4. The zero-order chi connectivity index (χ0) is 44.0. The first-order valence-corrected chi connectivity index (χ1v) is 23.4. The number of carbonyl (C=O) groups excluding carboxylic acids is 4. The molecule has 2 aliphatic carbocycles. The maximum atomic E-state index is 14.8. The standard InChI is InChI=1S/C47H56N4O10S/c1-28(2)58-32-19-17-29(18-20-32)42-48-40-35-15-11-12-16-38(35)60-41(40)43(49-42)59-33-24-36-37(52)26-47(45(55)50-62(56,57)34-21-22-34)25-31(47)14-10-8-6-7-9-13-30(44(54)51(36)27-33)23-39(53)61-46(3,4)5/h10-12,14-20,28,30-31,33-34,36H,6-9,13,21-27H2,1-5H3,(H,50,55)/b14-10-/t30-,31-,33-,36+,47-/m1/s1. The van der Waals surface area contributed by atoms with Crippen LogP contribution in [0.4, 0.5) is 0 Å². The number of para-hydroxylation sites is 1. The van der Waals surface area contributed by atoms with E-state index in [0.29, 0.717) is 65.9 Å². The third-order valence-electron chi connectivity index (χ3n) is 12.1. The lowest BCUT2D eigenvalue weighted by Gasteiger charge is -2.29. The minimum Gasteiger partial charge on any atom is -0.491 e. The van der Waals surface area contributed by atoms with Crippen molar-refractivity contribution in [3.63, 3.8) is 0 Å². The number of rotatable bonds is 10. The van der Waals surface area contributed by atoms with Gasteiger partial charge in [-0.3, -0.25) is 23.9 Å². The molecule has 5 atom stereocenters. The highest BCUT2D eigenvalue weighted by Crippen LogP contribution is 2.57. The predicted octanol–water partition coefficient (Wildman–Crippen LogP) is 7.62. The number of sulfonamides is 1. The number of nitrogens with one attached hydrogen (secondary N) is 1. The SMILES string of the molecule is CC(C)Oc1ccc(-c2nc(O[C@@H]3C[C@H]4C(=O)C[C@]5(C(=O)NS(=O)(=O)C6CC6)C[C@H]5/C=C\CCCCC[C@H](CC(=O)OC(C)(C)C)C(=O)N4C3)c3oc4ccccc4c3n2)cc1. The second-order valence-corrected chi connectivity index (χ2v) is 20.6. The van der Waals surface area contributed by atoms with Crippen molar-refractivity contribution >= 4 is 55.7 Å². The third kappa shape index (κ3) is 9.52. The molecule has 0 spiro atoms. The molecule has 2 aliphatic heterocycles. The van der Waals surface area contributed by atoms with Crippen LogP contribution in [0.1, 0.15) is 105 Å². The highest BCUT2D eigenvalue weighted by Gasteiger charge is 2.61. The van der Waals surface area contributed by atoms with E-state index in [-0.39, 0.29) is 55.4 Å². The summed E-state index contributed by atoms with van der Waals surface area (Å²) >= 11 is 0. The Morgan fingerprint density at radius 2 is 1.76 bits per heavy atom. The van der Waals surface area contributed by atoms with E-state index in [4.69, 9.17) is 28.6 Å². The Balaban J connectivity index is 1.14. The zero-order valence-electron chi connectivity index (χ0n) is 36.1. The van der Waals surface area contributed by atoms with Gasteiger partial charge in [-0.2, -0.15) is 4.98 Å². The van der Waals surface area contributed by atoms with Gasteiger partial charge in [-0.1, -0.05) is 37.1 Å². The molecule has 14 nitrogen and oxygen atoms in total. The number of Topliss-reactive ketones (excluding diaryl/α,β-unsaturated/α-hetero) is 1. The number of ether oxygens (including phenoxy) is 3. The number of esters is 1. The molecular formula is C47H56N4O10S. The van der Waals surface area contributed by atoms with Crippen molar-refractivity contribution in [2.24, 2.45) is 17.3 Å². The van der Waals surface area contributed by atoms with E-state index >= 15 is 0 Å². The van der Waals surface area contributed by atoms with E-state index in [0.717, 1.165) is 24.6 Å². The Bertz CT molecular complexity index is 2500. The van der Waals surface area contributed by atoms with Crippen molar-refractivity contribution in [3.8, 4) is 23.0 Å². The van der Waals surface area contributed by atoms with Gasteiger partial charge in [0.05, 0.1) is 35.8 Å². The molecule has 2 aromatic heterocycles. The summed E-state index contributed by atoms with van der Waals surface area (Å²) in [6, 6.07) is 13.9. The maximum absolute atomic E-state index is 14.8. The summed E-state index contributed by atoms with van der Waals surface area (Å²) in [5.41, 5.74) is 0.0728. The van der Waals surface area contributed by atoms with E-state index in [1.165, 1.54) is 4.90 Å². The van der Waals surface area contributed by atoms with Crippen LogP contribution in [0.15, 0.2) is 65.1 Å². The molecule has 0 unspecified atom stereocenters. The van der Waals surface area contributed by atoms with Crippen LogP contribution in [0.5, 0.6) is 11.6 Å². The number of ketones is 1. The Morgan fingerprint density at radius 1 is 1.00 bits per heavy atom. The fourth-order valence-electron chi connectivity index (χ4n) is 8.79. The van der Waals surface area contributed by atoms with Gasteiger partial charge in [0.15, 0.2) is 11.6 Å². The molecule has 4 aromatic rings. The Labute approximate surface area is 362 Å². The van der Waals surface area contributed by atoms with Gasteiger partial charge < -0.3 is 23.5 Å². The van der Waals surface area contributed by atoms with E-state index in [9.17, 15) is 27.6 Å². The van der Waals surface area contributed by atoms with Crippen LogP contribution in [-0.4, -0.2) is 82.5 Å². The molecule has 4 aliphatic rings. The lowest BCUT2D eigenvalue weighted by Crippen LogP contribution is -2.46. The fraction of sp³-hybridized carbons (Fsp3) is 0.532. The van der Waals surface area contributed by atoms with Crippen LogP contribution in [0, 0.1) is 17.3 Å². The molecule has 330 valence electrons. The number of amides is 2. The second-order valence-electron chi connectivity index (χ2n) is 18.6. The molecule has 1 saturated heterocycles. The third-order valence-corrected chi connectivity index (χ3v) is 13.9. The monoisotopic (exact) mass is 868 g/mol. The van der Waals surface area contributed by atoms with Gasteiger partial charge in [-0.25, -0.2) is 13.4 Å². The van der Waals surface area contributed by atoms with E-state index in [1.54, 1.807) is 20.8 Å². The molecular weight excluding hydrogens is 813 g/mol. The quantitative estimate of drug-likeness (QED) is 0.122. The number of fused-ring (bicyclic) bond motifs is 5. The number of hydrogen-bond donors (Lipinski definition) is 1. The number of carbonyl (C=O) groups is 4. The first kappa shape index (κ1) is 43.3. The summed E-state index contributed by atoms with van der Waals surface area (Å²) in [5.74, 6) is -1.87. The summed E-state index contributed by atoms with van der Waals surface area (Å²) in [6.07, 6.45) is 7.48. The topological polar surface area (TPSA) is 184 Å². The number of nitrogens with zero attached hydrogens (tertiary/aromatic N) is 3. The predicted molar refractivity (Wildman–Crippen MR) is 231 cm³/mol. The highest BCUT2D eigenvalue weighted by molar-refractivity contribution is 7.90. The number of aromatic nitrogens is 2. The number of hydrogen-bond acceptors (Lipinski definition) is 12. The molecule has 15 heteroatoms. The number of furan rings is 1. The van der Waals surface area contributed by atoms with Gasteiger partial charge in [0, 0.05) is 29.7 Å². The van der Waals surface area contributed by atoms with Crippen molar-refractivity contribution in [1.29, 1.82) is 0 Å². The zero-order valence-corrected chi connectivity index (χ0v) is 36.9. The molecule has 0 bridgehead atoms.